The zero-order chi connectivity index (χ0) is 10.1. The van der Waals surface area contributed by atoms with Crippen LogP contribution < -0.4 is 0 Å². The molecule has 0 radical (unpaired) electrons. The standard InChI is InChI=1S/C11H10ClIS/c1-2-10-8(6-12)7-4-3-5-9(13)11(7)14-10/h3-5H,2,6H2,1H3. The van der Waals surface area contributed by atoms with Gasteiger partial charge in [0.1, 0.15) is 0 Å². The highest BCUT2D eigenvalue weighted by Gasteiger charge is 2.11. The van der Waals surface area contributed by atoms with Crippen molar-refractivity contribution in [3.63, 3.8) is 0 Å². The predicted octanol–water partition coefficient (Wildman–Crippen LogP) is 4.81. The predicted molar refractivity (Wildman–Crippen MR) is 73.5 cm³/mol. The second-order valence-corrected chi connectivity index (χ2v) is 5.64. The number of hydrogen-bond acceptors (Lipinski definition) is 1. The summed E-state index contributed by atoms with van der Waals surface area (Å²) < 4.78 is 2.72. The zero-order valence-corrected chi connectivity index (χ0v) is 11.5. The van der Waals surface area contributed by atoms with Crippen molar-refractivity contribution in [3.8, 4) is 0 Å². The van der Waals surface area contributed by atoms with Crippen LogP contribution in [0.25, 0.3) is 10.1 Å². The van der Waals surface area contributed by atoms with Crippen molar-refractivity contribution in [2.24, 2.45) is 0 Å². The molecule has 0 spiro atoms. The maximum atomic E-state index is 5.99. The molecule has 74 valence electrons. The van der Waals surface area contributed by atoms with E-state index in [2.05, 4.69) is 47.7 Å². The molecule has 1 heterocycles. The summed E-state index contributed by atoms with van der Waals surface area (Å²) in [7, 11) is 0. The Balaban J connectivity index is 2.79. The summed E-state index contributed by atoms with van der Waals surface area (Å²) in [6.45, 7) is 2.19. The molecule has 2 aromatic rings. The Morgan fingerprint density at radius 3 is 2.86 bits per heavy atom. The van der Waals surface area contributed by atoms with Gasteiger partial charge in [0.25, 0.3) is 0 Å². The van der Waals surface area contributed by atoms with Crippen LogP contribution in [0.3, 0.4) is 0 Å². The smallest absolute Gasteiger partial charge is 0.0491 e. The maximum Gasteiger partial charge on any atom is 0.0491 e. The molecule has 2 rings (SSSR count). The summed E-state index contributed by atoms with van der Waals surface area (Å²) in [6.07, 6.45) is 1.08. The minimum absolute atomic E-state index is 0.628. The quantitative estimate of drug-likeness (QED) is 0.545. The van der Waals surface area contributed by atoms with Crippen LogP contribution in [0.2, 0.25) is 0 Å². The molecule has 0 aliphatic carbocycles. The molecule has 1 aromatic heterocycles. The largest absolute Gasteiger partial charge is 0.139 e. The number of thiophene rings is 1. The van der Waals surface area contributed by atoms with Crippen LogP contribution in [0.15, 0.2) is 18.2 Å². The van der Waals surface area contributed by atoms with Gasteiger partial charge in [-0.05, 0) is 46.0 Å². The van der Waals surface area contributed by atoms with Crippen molar-refractivity contribution in [3.05, 3.63) is 32.2 Å². The summed E-state index contributed by atoms with van der Waals surface area (Å²) in [6, 6.07) is 6.42. The Kier molecular flexibility index (Phi) is 3.34. The first kappa shape index (κ1) is 10.7. The molecule has 3 heteroatoms. The van der Waals surface area contributed by atoms with E-state index in [-0.39, 0.29) is 0 Å². The Morgan fingerprint density at radius 1 is 1.43 bits per heavy atom. The Hall–Kier alpha value is 0.200. The van der Waals surface area contributed by atoms with E-state index in [1.54, 1.807) is 0 Å². The summed E-state index contributed by atoms with van der Waals surface area (Å²) in [5, 5.41) is 1.34. The summed E-state index contributed by atoms with van der Waals surface area (Å²) in [5.41, 5.74) is 1.33. The second kappa shape index (κ2) is 4.37. The van der Waals surface area contributed by atoms with Crippen LogP contribution in [0.4, 0.5) is 0 Å². The van der Waals surface area contributed by atoms with Crippen molar-refractivity contribution in [1.29, 1.82) is 0 Å². The first-order valence-corrected chi connectivity index (χ1v) is 6.95. The lowest BCUT2D eigenvalue weighted by atomic mass is 10.1. The molecule has 0 bridgehead atoms. The van der Waals surface area contributed by atoms with Crippen molar-refractivity contribution in [2.45, 2.75) is 19.2 Å². The van der Waals surface area contributed by atoms with Gasteiger partial charge in [-0.15, -0.1) is 22.9 Å². The van der Waals surface area contributed by atoms with Gasteiger partial charge in [-0.1, -0.05) is 19.1 Å². The third kappa shape index (κ3) is 1.68. The molecule has 0 saturated heterocycles. The Bertz CT molecular complexity index is 462. The molecule has 0 amide bonds. The number of aryl methyl sites for hydroxylation is 1. The van der Waals surface area contributed by atoms with Crippen LogP contribution >= 0.6 is 45.5 Å². The van der Waals surface area contributed by atoms with Gasteiger partial charge >= 0.3 is 0 Å². The fourth-order valence-corrected chi connectivity index (χ4v) is 3.99. The number of fused-ring (bicyclic) bond motifs is 1. The second-order valence-electron chi connectivity index (χ2n) is 3.11. The lowest BCUT2D eigenvalue weighted by Crippen LogP contribution is -1.81. The first-order valence-electron chi connectivity index (χ1n) is 4.52. The molecule has 14 heavy (non-hydrogen) atoms. The summed E-state index contributed by atoms with van der Waals surface area (Å²) in [4.78, 5) is 1.43. The van der Waals surface area contributed by atoms with E-state index in [0.717, 1.165) is 6.42 Å². The molecule has 0 aliphatic heterocycles. The van der Waals surface area contributed by atoms with E-state index in [1.807, 2.05) is 11.3 Å². The van der Waals surface area contributed by atoms with Crippen LogP contribution in [0.5, 0.6) is 0 Å². The topological polar surface area (TPSA) is 0 Å². The number of alkyl halides is 1. The average Bonchev–Trinajstić information content (AvgIpc) is 2.57. The monoisotopic (exact) mass is 336 g/mol. The van der Waals surface area contributed by atoms with E-state index in [4.69, 9.17) is 11.6 Å². The van der Waals surface area contributed by atoms with Gasteiger partial charge in [0, 0.05) is 19.0 Å². The van der Waals surface area contributed by atoms with E-state index in [1.165, 1.54) is 24.1 Å². The highest BCUT2D eigenvalue weighted by molar-refractivity contribution is 14.1. The van der Waals surface area contributed by atoms with E-state index in [0.29, 0.717) is 5.88 Å². The van der Waals surface area contributed by atoms with Gasteiger partial charge in [0.15, 0.2) is 0 Å². The number of rotatable bonds is 2. The van der Waals surface area contributed by atoms with Crippen LogP contribution in [-0.2, 0) is 12.3 Å². The molecule has 0 nitrogen and oxygen atoms in total. The minimum atomic E-state index is 0.628. The van der Waals surface area contributed by atoms with E-state index < -0.39 is 0 Å². The van der Waals surface area contributed by atoms with Gasteiger partial charge in [-0.2, -0.15) is 0 Å². The molecule has 0 atom stereocenters. The average molecular weight is 337 g/mol. The minimum Gasteiger partial charge on any atom is -0.139 e. The first-order chi connectivity index (χ1) is 6.77. The third-order valence-corrected chi connectivity index (χ3v) is 5.27. The van der Waals surface area contributed by atoms with E-state index in [9.17, 15) is 0 Å². The fraction of sp³-hybridized carbons (Fsp3) is 0.273. The van der Waals surface area contributed by atoms with Gasteiger partial charge in [0.05, 0.1) is 0 Å². The third-order valence-electron chi connectivity index (χ3n) is 2.31. The van der Waals surface area contributed by atoms with Crippen LogP contribution in [-0.4, -0.2) is 0 Å². The van der Waals surface area contributed by atoms with Crippen molar-refractivity contribution in [1.82, 2.24) is 0 Å². The zero-order valence-electron chi connectivity index (χ0n) is 7.81. The number of hydrogen-bond donors (Lipinski definition) is 0. The van der Waals surface area contributed by atoms with Gasteiger partial charge in [0.2, 0.25) is 0 Å². The van der Waals surface area contributed by atoms with E-state index >= 15 is 0 Å². The molecule has 0 saturated carbocycles. The molecular weight excluding hydrogens is 327 g/mol. The molecule has 0 N–H and O–H groups in total. The van der Waals surface area contributed by atoms with Crippen LogP contribution in [0.1, 0.15) is 17.4 Å². The van der Waals surface area contributed by atoms with Gasteiger partial charge < -0.3 is 0 Å². The molecule has 0 unspecified atom stereocenters. The molecule has 0 fully saturated rings. The number of halogens is 2. The summed E-state index contributed by atoms with van der Waals surface area (Å²) in [5.74, 6) is 0.628. The van der Waals surface area contributed by atoms with Crippen molar-refractivity contribution < 1.29 is 0 Å². The van der Waals surface area contributed by atoms with Gasteiger partial charge in [-0.25, -0.2) is 0 Å². The highest BCUT2D eigenvalue weighted by atomic mass is 127. The fourth-order valence-electron chi connectivity index (χ4n) is 1.62. The lowest BCUT2D eigenvalue weighted by Gasteiger charge is -1.96. The molecule has 1 aromatic carbocycles. The van der Waals surface area contributed by atoms with Crippen molar-refractivity contribution in [2.75, 3.05) is 0 Å². The highest BCUT2D eigenvalue weighted by Crippen LogP contribution is 2.35. The number of benzene rings is 1. The summed E-state index contributed by atoms with van der Waals surface area (Å²) >= 11 is 10.3. The molecule has 0 aliphatic rings. The van der Waals surface area contributed by atoms with Gasteiger partial charge in [-0.3, -0.25) is 0 Å². The Morgan fingerprint density at radius 2 is 2.21 bits per heavy atom. The normalized spacial score (nSPS) is 11.1. The lowest BCUT2D eigenvalue weighted by molar-refractivity contribution is 1.16. The Labute approximate surface area is 106 Å². The van der Waals surface area contributed by atoms with Crippen LogP contribution in [0, 0.1) is 3.57 Å². The van der Waals surface area contributed by atoms with Crippen molar-refractivity contribution >= 4 is 55.6 Å². The SMILES string of the molecule is CCc1sc2c(I)cccc2c1CCl. The molecular formula is C11H10ClIS. The maximum absolute atomic E-state index is 5.99.